The van der Waals surface area contributed by atoms with E-state index in [2.05, 4.69) is 22.7 Å². The van der Waals surface area contributed by atoms with Gasteiger partial charge in [-0.25, -0.2) is 4.98 Å². The molecule has 0 saturated carbocycles. The Morgan fingerprint density at radius 1 is 1.43 bits per heavy atom. The highest BCUT2D eigenvalue weighted by atomic mass is 32.2. The lowest BCUT2D eigenvalue weighted by molar-refractivity contribution is 0.0939. The van der Waals surface area contributed by atoms with Gasteiger partial charge in [-0.1, -0.05) is 25.1 Å². The van der Waals surface area contributed by atoms with Crippen molar-refractivity contribution in [2.24, 2.45) is 5.84 Å². The lowest BCUT2D eigenvalue weighted by Gasteiger charge is -2.14. The second-order valence-corrected chi connectivity index (χ2v) is 6.07. The van der Waals surface area contributed by atoms with Crippen LogP contribution in [-0.2, 0) is 0 Å². The number of hydrogen-bond acceptors (Lipinski definition) is 5. The number of aromatic nitrogens is 1. The summed E-state index contributed by atoms with van der Waals surface area (Å²) in [6.07, 6.45) is 0. The molecule has 0 aliphatic heterocycles. The minimum absolute atomic E-state index is 0.102. The first-order chi connectivity index (χ1) is 10.2. The number of hydrazine groups is 1. The van der Waals surface area contributed by atoms with Gasteiger partial charge in [0, 0.05) is 17.2 Å². The van der Waals surface area contributed by atoms with Gasteiger partial charge < -0.3 is 10.7 Å². The first kappa shape index (κ1) is 15.6. The standard InChI is InChI=1S/C15H20N4OS/c1-3-21-9-10(2)17-15(20)14-8-13(19-16)11-6-4-5-7-12(11)18-14/h4-8,10H,3,9,16H2,1-2H3,(H,17,20)(H,18,19). The number of fused-ring (bicyclic) bond motifs is 1. The first-order valence-electron chi connectivity index (χ1n) is 6.90. The van der Waals surface area contributed by atoms with Crippen LogP contribution in [0.15, 0.2) is 30.3 Å². The molecule has 0 spiro atoms. The van der Waals surface area contributed by atoms with E-state index in [1.807, 2.05) is 31.2 Å². The molecular formula is C15H20N4OS. The number of thioether (sulfide) groups is 1. The topological polar surface area (TPSA) is 80.0 Å². The predicted octanol–water partition coefficient (Wildman–Crippen LogP) is 2.39. The zero-order valence-corrected chi connectivity index (χ0v) is 13.0. The van der Waals surface area contributed by atoms with Crippen LogP contribution in [0, 0.1) is 0 Å². The number of carbonyl (C=O) groups excluding carboxylic acids is 1. The van der Waals surface area contributed by atoms with Gasteiger partial charge in [0.15, 0.2) is 0 Å². The third-order valence-electron chi connectivity index (χ3n) is 3.05. The number of hydrogen-bond donors (Lipinski definition) is 3. The van der Waals surface area contributed by atoms with Gasteiger partial charge in [-0.3, -0.25) is 10.6 Å². The molecule has 0 fully saturated rings. The monoisotopic (exact) mass is 304 g/mol. The lowest BCUT2D eigenvalue weighted by atomic mass is 10.1. The number of rotatable bonds is 6. The molecular weight excluding hydrogens is 284 g/mol. The zero-order valence-electron chi connectivity index (χ0n) is 12.2. The quantitative estimate of drug-likeness (QED) is 0.564. The van der Waals surface area contributed by atoms with Crippen LogP contribution in [0.2, 0.25) is 0 Å². The predicted molar refractivity (Wildman–Crippen MR) is 89.5 cm³/mol. The first-order valence-corrected chi connectivity index (χ1v) is 8.06. The van der Waals surface area contributed by atoms with E-state index in [-0.39, 0.29) is 11.9 Å². The Bertz CT molecular complexity index is 632. The summed E-state index contributed by atoms with van der Waals surface area (Å²) in [4.78, 5) is 16.7. The Labute approximate surface area is 128 Å². The third-order valence-corrected chi connectivity index (χ3v) is 4.20. The molecule has 0 radical (unpaired) electrons. The number of nitrogens with two attached hydrogens (primary N) is 1. The molecule has 1 atom stereocenters. The van der Waals surface area contributed by atoms with Crippen LogP contribution in [0.4, 0.5) is 5.69 Å². The van der Waals surface area contributed by atoms with E-state index in [9.17, 15) is 4.79 Å². The molecule has 0 aliphatic carbocycles. The molecule has 2 aromatic rings. The van der Waals surface area contributed by atoms with Gasteiger partial charge in [0.1, 0.15) is 5.69 Å². The van der Waals surface area contributed by atoms with E-state index in [0.717, 1.165) is 22.4 Å². The number of pyridine rings is 1. The van der Waals surface area contributed by atoms with E-state index in [0.29, 0.717) is 11.4 Å². The van der Waals surface area contributed by atoms with Gasteiger partial charge in [-0.05, 0) is 24.8 Å². The van der Waals surface area contributed by atoms with Crippen LogP contribution < -0.4 is 16.6 Å². The smallest absolute Gasteiger partial charge is 0.270 e. The summed E-state index contributed by atoms with van der Waals surface area (Å²) in [6.45, 7) is 4.09. The molecule has 6 heteroatoms. The van der Waals surface area contributed by atoms with E-state index in [4.69, 9.17) is 5.84 Å². The molecule has 4 N–H and O–H groups in total. The summed E-state index contributed by atoms with van der Waals surface area (Å²) in [5.74, 6) is 7.28. The fourth-order valence-electron chi connectivity index (χ4n) is 2.05. The number of nitrogens with one attached hydrogen (secondary N) is 2. The highest BCUT2D eigenvalue weighted by Gasteiger charge is 2.13. The molecule has 1 unspecified atom stereocenters. The molecule has 0 aliphatic rings. The average Bonchev–Trinajstić information content (AvgIpc) is 2.51. The Morgan fingerprint density at radius 3 is 2.90 bits per heavy atom. The average molecular weight is 304 g/mol. The molecule has 1 aromatic carbocycles. The highest BCUT2D eigenvalue weighted by Crippen LogP contribution is 2.22. The van der Waals surface area contributed by atoms with E-state index >= 15 is 0 Å². The van der Waals surface area contributed by atoms with E-state index < -0.39 is 0 Å². The number of benzene rings is 1. The zero-order chi connectivity index (χ0) is 15.2. The van der Waals surface area contributed by atoms with Gasteiger partial charge in [-0.15, -0.1) is 0 Å². The van der Waals surface area contributed by atoms with Crippen molar-refractivity contribution < 1.29 is 4.79 Å². The number of nitrogens with zero attached hydrogens (tertiary/aromatic N) is 1. The number of carbonyl (C=O) groups is 1. The summed E-state index contributed by atoms with van der Waals surface area (Å²) in [5.41, 5.74) is 4.44. The minimum atomic E-state index is -0.179. The van der Waals surface area contributed by atoms with Gasteiger partial charge in [0.05, 0.1) is 11.2 Å². The maximum atomic E-state index is 12.3. The van der Waals surface area contributed by atoms with E-state index in [1.54, 1.807) is 17.8 Å². The number of para-hydroxylation sites is 1. The maximum Gasteiger partial charge on any atom is 0.270 e. The van der Waals surface area contributed by atoms with Gasteiger partial charge in [0.2, 0.25) is 0 Å². The summed E-state index contributed by atoms with van der Waals surface area (Å²) >= 11 is 1.80. The van der Waals surface area contributed by atoms with Crippen molar-refractivity contribution in [2.75, 3.05) is 16.9 Å². The van der Waals surface area contributed by atoms with Crippen LogP contribution in [-0.4, -0.2) is 28.4 Å². The van der Waals surface area contributed by atoms with Crippen molar-refractivity contribution >= 4 is 34.3 Å². The van der Waals surface area contributed by atoms with Crippen LogP contribution >= 0.6 is 11.8 Å². The van der Waals surface area contributed by atoms with Gasteiger partial charge in [0.25, 0.3) is 5.91 Å². The van der Waals surface area contributed by atoms with Crippen LogP contribution in [0.1, 0.15) is 24.3 Å². The second kappa shape index (κ2) is 7.28. The Hall–Kier alpha value is -1.79. The summed E-state index contributed by atoms with van der Waals surface area (Å²) in [7, 11) is 0. The van der Waals surface area contributed by atoms with E-state index in [1.165, 1.54) is 0 Å². The van der Waals surface area contributed by atoms with Crippen molar-refractivity contribution in [3.63, 3.8) is 0 Å². The molecule has 112 valence electrons. The summed E-state index contributed by atoms with van der Waals surface area (Å²) < 4.78 is 0. The normalized spacial score (nSPS) is 12.1. The third kappa shape index (κ3) is 3.86. The molecule has 0 saturated heterocycles. The number of anilines is 1. The van der Waals surface area contributed by atoms with Crippen molar-refractivity contribution in [3.8, 4) is 0 Å². The van der Waals surface area contributed by atoms with Gasteiger partial charge >= 0.3 is 0 Å². The van der Waals surface area contributed by atoms with Crippen molar-refractivity contribution in [3.05, 3.63) is 36.0 Å². The molecule has 2 rings (SSSR count). The maximum absolute atomic E-state index is 12.3. The summed E-state index contributed by atoms with van der Waals surface area (Å²) in [5, 5.41) is 3.85. The number of nitrogen functional groups attached to an aromatic ring is 1. The van der Waals surface area contributed by atoms with Crippen LogP contribution in [0.5, 0.6) is 0 Å². The molecule has 1 heterocycles. The molecule has 5 nitrogen and oxygen atoms in total. The van der Waals surface area contributed by atoms with Crippen molar-refractivity contribution in [1.29, 1.82) is 0 Å². The van der Waals surface area contributed by atoms with Crippen LogP contribution in [0.3, 0.4) is 0 Å². The summed E-state index contributed by atoms with van der Waals surface area (Å²) in [6, 6.07) is 9.36. The van der Waals surface area contributed by atoms with Crippen molar-refractivity contribution in [1.82, 2.24) is 10.3 Å². The van der Waals surface area contributed by atoms with Crippen LogP contribution in [0.25, 0.3) is 10.9 Å². The largest absolute Gasteiger partial charge is 0.347 e. The van der Waals surface area contributed by atoms with Gasteiger partial charge in [-0.2, -0.15) is 11.8 Å². The minimum Gasteiger partial charge on any atom is -0.347 e. The van der Waals surface area contributed by atoms with Crippen molar-refractivity contribution in [2.45, 2.75) is 19.9 Å². The fourth-order valence-corrected chi connectivity index (χ4v) is 2.72. The Balaban J connectivity index is 2.23. The highest BCUT2D eigenvalue weighted by molar-refractivity contribution is 7.99. The molecule has 1 amide bonds. The Morgan fingerprint density at radius 2 is 2.19 bits per heavy atom. The molecule has 1 aromatic heterocycles. The Kier molecular flexibility index (Phi) is 5.41. The lowest BCUT2D eigenvalue weighted by Crippen LogP contribution is -2.34. The fraction of sp³-hybridized carbons (Fsp3) is 0.333. The number of amides is 1. The second-order valence-electron chi connectivity index (χ2n) is 4.75. The SMILES string of the molecule is CCSCC(C)NC(=O)c1cc(NN)c2ccccc2n1. The molecule has 0 bridgehead atoms. The molecule has 21 heavy (non-hydrogen) atoms.